The van der Waals surface area contributed by atoms with Crippen LogP contribution < -0.4 is 4.74 Å². The number of benzene rings is 2. The molecule has 0 atom stereocenters. The fraction of sp³-hybridized carbons (Fsp3) is 0.273. The number of aromatic nitrogens is 2. The van der Waals surface area contributed by atoms with Gasteiger partial charge in [-0.15, -0.1) is 0 Å². The van der Waals surface area contributed by atoms with Crippen LogP contribution in [0, 0.1) is 0 Å². The Morgan fingerprint density at radius 2 is 1.89 bits per heavy atom. The highest BCUT2D eigenvalue weighted by molar-refractivity contribution is 5.94. The van der Waals surface area contributed by atoms with E-state index in [1.165, 1.54) is 0 Å². The van der Waals surface area contributed by atoms with Gasteiger partial charge in [0, 0.05) is 43.7 Å². The van der Waals surface area contributed by atoms with Gasteiger partial charge in [-0.1, -0.05) is 30.3 Å². The molecule has 0 aliphatic rings. The van der Waals surface area contributed by atoms with Gasteiger partial charge in [0.05, 0.1) is 12.4 Å². The van der Waals surface area contributed by atoms with E-state index in [1.54, 1.807) is 17.4 Å². The summed E-state index contributed by atoms with van der Waals surface area (Å²) < 4.78 is 7.86. The topological polar surface area (TPSA) is 47.4 Å². The van der Waals surface area contributed by atoms with Gasteiger partial charge < -0.3 is 14.2 Å². The molecule has 0 saturated carbocycles. The second-order valence-electron chi connectivity index (χ2n) is 6.77. The molecule has 3 aromatic rings. The lowest BCUT2D eigenvalue weighted by molar-refractivity contribution is 0.0790. The smallest absolute Gasteiger partial charge is 0.253 e. The van der Waals surface area contributed by atoms with E-state index in [2.05, 4.69) is 4.98 Å². The van der Waals surface area contributed by atoms with Crippen molar-refractivity contribution in [2.45, 2.75) is 26.5 Å². The van der Waals surface area contributed by atoms with Gasteiger partial charge >= 0.3 is 0 Å². The number of likely N-dealkylation sites (N-methyl/N-ethyl adjacent to an activating group) is 1. The first kappa shape index (κ1) is 18.7. The molecule has 1 amide bonds. The Balaban J connectivity index is 1.70. The SMILES string of the molecule is CC(C)Oc1ccccc1-c1ccc(C(=O)N(C)CCn2ccnc2)cc1. The van der Waals surface area contributed by atoms with Crippen molar-refractivity contribution in [2.75, 3.05) is 13.6 Å². The molecular weight excluding hydrogens is 338 g/mol. The Kier molecular flexibility index (Phi) is 5.91. The summed E-state index contributed by atoms with van der Waals surface area (Å²) in [5, 5.41) is 0. The van der Waals surface area contributed by atoms with Crippen molar-refractivity contribution in [3.63, 3.8) is 0 Å². The molecule has 3 rings (SSSR count). The van der Waals surface area contributed by atoms with Gasteiger partial charge in [0.25, 0.3) is 5.91 Å². The zero-order chi connectivity index (χ0) is 19.2. The lowest BCUT2D eigenvalue weighted by Crippen LogP contribution is -2.29. The standard InChI is InChI=1S/C22H25N3O2/c1-17(2)27-21-7-5-4-6-20(21)18-8-10-19(11-9-18)22(26)24(3)14-15-25-13-12-23-16-25/h4-13,16-17H,14-15H2,1-3H3. The number of hydrogen-bond donors (Lipinski definition) is 0. The van der Waals surface area contributed by atoms with E-state index in [1.807, 2.05) is 80.2 Å². The van der Waals surface area contributed by atoms with Crippen LogP contribution in [0.3, 0.4) is 0 Å². The maximum absolute atomic E-state index is 12.6. The van der Waals surface area contributed by atoms with Crippen molar-refractivity contribution in [1.29, 1.82) is 0 Å². The van der Waals surface area contributed by atoms with Crippen LogP contribution in [-0.4, -0.2) is 40.1 Å². The van der Waals surface area contributed by atoms with E-state index in [0.29, 0.717) is 12.1 Å². The van der Waals surface area contributed by atoms with Gasteiger partial charge in [-0.25, -0.2) is 4.98 Å². The average molecular weight is 363 g/mol. The van der Waals surface area contributed by atoms with Crippen LogP contribution in [0.4, 0.5) is 0 Å². The van der Waals surface area contributed by atoms with E-state index < -0.39 is 0 Å². The van der Waals surface area contributed by atoms with Crippen LogP contribution in [0.2, 0.25) is 0 Å². The van der Waals surface area contributed by atoms with Crippen molar-refractivity contribution in [2.24, 2.45) is 0 Å². The highest BCUT2D eigenvalue weighted by Gasteiger charge is 2.13. The molecule has 5 nitrogen and oxygen atoms in total. The number of rotatable bonds is 7. The predicted octanol–water partition coefficient (Wildman–Crippen LogP) is 4.11. The van der Waals surface area contributed by atoms with Gasteiger partial charge in [0.1, 0.15) is 5.75 Å². The highest BCUT2D eigenvalue weighted by atomic mass is 16.5. The first-order valence-electron chi connectivity index (χ1n) is 9.12. The maximum atomic E-state index is 12.6. The molecule has 27 heavy (non-hydrogen) atoms. The number of amides is 1. The summed E-state index contributed by atoms with van der Waals surface area (Å²) in [4.78, 5) is 18.4. The number of para-hydroxylation sites is 1. The molecule has 0 spiro atoms. The minimum atomic E-state index is 0.00776. The van der Waals surface area contributed by atoms with Crippen molar-refractivity contribution in [3.8, 4) is 16.9 Å². The molecular formula is C22H25N3O2. The summed E-state index contributed by atoms with van der Waals surface area (Å²) in [6, 6.07) is 15.7. The van der Waals surface area contributed by atoms with Crippen molar-refractivity contribution >= 4 is 5.91 Å². The molecule has 140 valence electrons. The van der Waals surface area contributed by atoms with Crippen LogP contribution in [0.1, 0.15) is 24.2 Å². The monoisotopic (exact) mass is 363 g/mol. The van der Waals surface area contributed by atoms with Gasteiger partial charge in [0.2, 0.25) is 0 Å². The largest absolute Gasteiger partial charge is 0.490 e. The molecule has 0 fully saturated rings. The second-order valence-corrected chi connectivity index (χ2v) is 6.77. The predicted molar refractivity (Wildman–Crippen MR) is 107 cm³/mol. The Morgan fingerprint density at radius 1 is 1.15 bits per heavy atom. The first-order valence-corrected chi connectivity index (χ1v) is 9.12. The molecule has 0 unspecified atom stereocenters. The molecule has 0 radical (unpaired) electrons. The molecule has 1 aromatic heterocycles. The summed E-state index contributed by atoms with van der Waals surface area (Å²) in [7, 11) is 1.82. The van der Waals surface area contributed by atoms with E-state index in [4.69, 9.17) is 4.74 Å². The highest BCUT2D eigenvalue weighted by Crippen LogP contribution is 2.30. The normalized spacial score (nSPS) is 10.8. The summed E-state index contributed by atoms with van der Waals surface area (Å²) in [5.41, 5.74) is 2.73. The number of nitrogens with zero attached hydrogens (tertiary/aromatic N) is 3. The average Bonchev–Trinajstić information content (AvgIpc) is 3.19. The zero-order valence-corrected chi connectivity index (χ0v) is 16.0. The van der Waals surface area contributed by atoms with E-state index in [0.717, 1.165) is 23.4 Å². The number of carbonyl (C=O) groups is 1. The minimum absolute atomic E-state index is 0.00776. The lowest BCUT2D eigenvalue weighted by Gasteiger charge is -2.18. The Morgan fingerprint density at radius 3 is 2.56 bits per heavy atom. The third-order valence-electron chi connectivity index (χ3n) is 4.29. The summed E-state index contributed by atoms with van der Waals surface area (Å²) in [5.74, 6) is 0.859. The molecule has 0 N–H and O–H groups in total. The zero-order valence-electron chi connectivity index (χ0n) is 16.0. The molecule has 5 heteroatoms. The summed E-state index contributed by atoms with van der Waals surface area (Å²) >= 11 is 0. The van der Waals surface area contributed by atoms with E-state index >= 15 is 0 Å². The first-order chi connectivity index (χ1) is 13.0. The molecule has 2 aromatic carbocycles. The van der Waals surface area contributed by atoms with Crippen LogP contribution in [0.5, 0.6) is 5.75 Å². The summed E-state index contributed by atoms with van der Waals surface area (Å²) in [6.07, 6.45) is 5.49. The van der Waals surface area contributed by atoms with Crippen molar-refractivity contribution in [1.82, 2.24) is 14.5 Å². The fourth-order valence-corrected chi connectivity index (χ4v) is 2.86. The fourth-order valence-electron chi connectivity index (χ4n) is 2.86. The number of imidazole rings is 1. The molecule has 0 aliphatic carbocycles. The van der Waals surface area contributed by atoms with E-state index in [-0.39, 0.29) is 12.0 Å². The minimum Gasteiger partial charge on any atom is -0.490 e. The van der Waals surface area contributed by atoms with Crippen LogP contribution in [-0.2, 0) is 6.54 Å². The third kappa shape index (κ3) is 4.76. The molecule has 1 heterocycles. The number of ether oxygens (including phenoxy) is 1. The van der Waals surface area contributed by atoms with Gasteiger partial charge in [-0.3, -0.25) is 4.79 Å². The Bertz CT molecular complexity index is 871. The van der Waals surface area contributed by atoms with Crippen LogP contribution in [0.15, 0.2) is 67.3 Å². The van der Waals surface area contributed by atoms with Gasteiger partial charge in [-0.05, 0) is 37.6 Å². The quantitative estimate of drug-likeness (QED) is 0.635. The lowest BCUT2D eigenvalue weighted by atomic mass is 10.0. The molecule has 0 saturated heterocycles. The Hall–Kier alpha value is -3.08. The third-order valence-corrected chi connectivity index (χ3v) is 4.29. The van der Waals surface area contributed by atoms with Gasteiger partial charge in [0.15, 0.2) is 0 Å². The van der Waals surface area contributed by atoms with Crippen molar-refractivity contribution < 1.29 is 9.53 Å². The molecule has 0 bridgehead atoms. The van der Waals surface area contributed by atoms with Gasteiger partial charge in [-0.2, -0.15) is 0 Å². The molecule has 0 aliphatic heterocycles. The van der Waals surface area contributed by atoms with Crippen LogP contribution in [0.25, 0.3) is 11.1 Å². The Labute approximate surface area is 160 Å². The van der Waals surface area contributed by atoms with Crippen molar-refractivity contribution in [3.05, 3.63) is 72.8 Å². The number of hydrogen-bond acceptors (Lipinski definition) is 3. The summed E-state index contributed by atoms with van der Waals surface area (Å²) in [6.45, 7) is 5.37. The van der Waals surface area contributed by atoms with Crippen LogP contribution >= 0.6 is 0 Å². The second kappa shape index (κ2) is 8.54. The van der Waals surface area contributed by atoms with E-state index in [9.17, 15) is 4.79 Å². The maximum Gasteiger partial charge on any atom is 0.253 e. The number of carbonyl (C=O) groups excluding carboxylic acids is 1.